The van der Waals surface area contributed by atoms with Gasteiger partial charge in [0.05, 0.1) is 0 Å². The summed E-state index contributed by atoms with van der Waals surface area (Å²) in [5.74, 6) is -13.0. The molecule has 0 amide bonds. The molecule has 24 heavy (non-hydrogen) atoms. The first-order chi connectivity index (χ1) is 11.0. The van der Waals surface area contributed by atoms with Crippen molar-refractivity contribution in [1.29, 1.82) is 0 Å². The van der Waals surface area contributed by atoms with Gasteiger partial charge in [0, 0.05) is 0 Å². The third-order valence-electron chi connectivity index (χ3n) is 3.34. The van der Waals surface area contributed by atoms with E-state index in [2.05, 4.69) is 0 Å². The molecule has 0 unspecified atom stereocenters. The van der Waals surface area contributed by atoms with Gasteiger partial charge in [-0.15, -0.1) is 0 Å². The van der Waals surface area contributed by atoms with Gasteiger partial charge in [0.2, 0.25) is 5.82 Å². The predicted molar refractivity (Wildman–Crippen MR) is 76.3 cm³/mol. The van der Waals surface area contributed by atoms with E-state index in [1.807, 2.05) is 20.8 Å². The Bertz CT molecular complexity index is 763. The van der Waals surface area contributed by atoms with Crippen molar-refractivity contribution in [2.45, 2.75) is 26.2 Å². The van der Waals surface area contributed by atoms with E-state index in [9.17, 15) is 26.7 Å². The first-order valence-corrected chi connectivity index (χ1v) is 6.88. The van der Waals surface area contributed by atoms with Crippen LogP contribution in [0.5, 0.6) is 5.75 Å². The fourth-order valence-electron chi connectivity index (χ4n) is 1.97. The van der Waals surface area contributed by atoms with Crippen molar-refractivity contribution in [2.75, 3.05) is 0 Å². The van der Waals surface area contributed by atoms with Crippen LogP contribution in [0.4, 0.5) is 22.0 Å². The molecule has 2 aromatic rings. The maximum atomic E-state index is 13.6. The third-order valence-corrected chi connectivity index (χ3v) is 3.34. The lowest BCUT2D eigenvalue weighted by Gasteiger charge is -2.19. The lowest BCUT2D eigenvalue weighted by Crippen LogP contribution is -2.17. The minimum absolute atomic E-state index is 0.0862. The van der Waals surface area contributed by atoms with Crippen LogP contribution in [-0.2, 0) is 5.41 Å². The van der Waals surface area contributed by atoms with Crippen LogP contribution < -0.4 is 4.74 Å². The SMILES string of the molecule is CC(C)(C)c1ccc(OC(=O)c2c(F)c(F)c(F)c(F)c2F)cc1. The van der Waals surface area contributed by atoms with E-state index in [1.54, 1.807) is 12.1 Å². The molecule has 0 N–H and O–H groups in total. The monoisotopic (exact) mass is 344 g/mol. The Labute approximate surface area is 134 Å². The highest BCUT2D eigenvalue weighted by Crippen LogP contribution is 2.27. The third kappa shape index (κ3) is 3.25. The Morgan fingerprint density at radius 1 is 0.792 bits per heavy atom. The molecule has 0 aliphatic rings. The number of hydrogen-bond donors (Lipinski definition) is 0. The molecule has 0 saturated carbocycles. The zero-order chi connectivity index (χ0) is 18.2. The number of ether oxygens (including phenoxy) is 1. The first kappa shape index (κ1) is 17.9. The molecule has 2 rings (SSSR count). The summed E-state index contributed by atoms with van der Waals surface area (Å²) in [6, 6.07) is 5.98. The molecule has 7 heteroatoms. The zero-order valence-corrected chi connectivity index (χ0v) is 13.0. The van der Waals surface area contributed by atoms with Crippen molar-refractivity contribution in [1.82, 2.24) is 0 Å². The Hall–Kier alpha value is -2.44. The Morgan fingerprint density at radius 2 is 1.21 bits per heavy atom. The summed E-state index contributed by atoms with van der Waals surface area (Å²) in [6.45, 7) is 5.84. The number of esters is 1. The van der Waals surface area contributed by atoms with Gasteiger partial charge in [-0.1, -0.05) is 32.9 Å². The molecular weight excluding hydrogens is 331 g/mol. The van der Waals surface area contributed by atoms with Crippen molar-refractivity contribution < 1.29 is 31.5 Å². The van der Waals surface area contributed by atoms with Crippen molar-refractivity contribution in [3.8, 4) is 5.75 Å². The zero-order valence-electron chi connectivity index (χ0n) is 13.0. The molecule has 0 bridgehead atoms. The summed E-state index contributed by atoms with van der Waals surface area (Å²) in [4.78, 5) is 11.8. The topological polar surface area (TPSA) is 26.3 Å². The molecule has 0 aromatic heterocycles. The average Bonchev–Trinajstić information content (AvgIpc) is 2.51. The van der Waals surface area contributed by atoms with Crippen molar-refractivity contribution in [3.63, 3.8) is 0 Å². The normalized spacial score (nSPS) is 11.5. The number of rotatable bonds is 2. The van der Waals surface area contributed by atoms with Gasteiger partial charge in [0.1, 0.15) is 11.3 Å². The Morgan fingerprint density at radius 3 is 1.62 bits per heavy atom. The number of hydrogen-bond acceptors (Lipinski definition) is 2. The van der Waals surface area contributed by atoms with E-state index in [0.29, 0.717) is 0 Å². The van der Waals surface area contributed by atoms with Crippen LogP contribution in [0, 0.1) is 29.1 Å². The summed E-state index contributed by atoms with van der Waals surface area (Å²) in [7, 11) is 0. The largest absolute Gasteiger partial charge is 0.423 e. The van der Waals surface area contributed by atoms with Crippen molar-refractivity contribution >= 4 is 5.97 Å². The van der Waals surface area contributed by atoms with Gasteiger partial charge in [-0.2, -0.15) is 0 Å². The molecule has 2 aromatic carbocycles. The molecule has 2 nitrogen and oxygen atoms in total. The molecule has 128 valence electrons. The quantitative estimate of drug-likeness (QED) is 0.255. The molecule has 0 atom stereocenters. The lowest BCUT2D eigenvalue weighted by molar-refractivity contribution is 0.0721. The smallest absolute Gasteiger partial charge is 0.349 e. The summed E-state index contributed by atoms with van der Waals surface area (Å²) >= 11 is 0. The van der Waals surface area contributed by atoms with E-state index in [-0.39, 0.29) is 11.2 Å². The van der Waals surface area contributed by atoms with E-state index in [4.69, 9.17) is 4.74 Å². The fraction of sp³-hybridized carbons (Fsp3) is 0.235. The molecule has 0 heterocycles. The molecular formula is C17H13F5O2. The maximum Gasteiger partial charge on any atom is 0.349 e. The van der Waals surface area contributed by atoms with E-state index in [0.717, 1.165) is 5.56 Å². The average molecular weight is 344 g/mol. The van der Waals surface area contributed by atoms with Crippen molar-refractivity contribution in [3.05, 3.63) is 64.5 Å². The minimum atomic E-state index is -2.34. The van der Waals surface area contributed by atoms with Crippen LogP contribution in [0.2, 0.25) is 0 Å². The first-order valence-electron chi connectivity index (χ1n) is 6.88. The standard InChI is InChI=1S/C17H13F5O2/c1-17(2,3)8-4-6-9(7-5-8)24-16(23)10-11(18)13(20)15(22)14(21)12(10)19/h4-7H,1-3H3. The second-order valence-corrected chi connectivity index (χ2v) is 6.11. The maximum absolute atomic E-state index is 13.6. The van der Waals surface area contributed by atoms with E-state index >= 15 is 0 Å². The molecule has 0 radical (unpaired) electrons. The van der Waals surface area contributed by atoms with Crippen LogP contribution in [0.1, 0.15) is 36.7 Å². The van der Waals surface area contributed by atoms with Crippen LogP contribution in [0.3, 0.4) is 0 Å². The number of carbonyl (C=O) groups is 1. The highest BCUT2D eigenvalue weighted by molar-refractivity contribution is 5.91. The summed E-state index contributed by atoms with van der Waals surface area (Å²) in [5.41, 5.74) is -0.908. The van der Waals surface area contributed by atoms with Gasteiger partial charge >= 0.3 is 5.97 Å². The number of carbonyl (C=O) groups excluding carboxylic acids is 1. The van der Waals surface area contributed by atoms with Crippen LogP contribution >= 0.6 is 0 Å². The number of benzene rings is 2. The molecule has 0 spiro atoms. The van der Waals surface area contributed by atoms with Crippen molar-refractivity contribution in [2.24, 2.45) is 0 Å². The summed E-state index contributed by atoms with van der Waals surface area (Å²) < 4.78 is 71.0. The molecule has 0 aliphatic carbocycles. The van der Waals surface area contributed by atoms with E-state index < -0.39 is 40.6 Å². The van der Waals surface area contributed by atoms with Gasteiger partial charge < -0.3 is 4.74 Å². The minimum Gasteiger partial charge on any atom is -0.423 e. The Kier molecular flexibility index (Phi) is 4.64. The van der Waals surface area contributed by atoms with Gasteiger partial charge in [-0.05, 0) is 23.1 Å². The predicted octanol–water partition coefficient (Wildman–Crippen LogP) is 4.90. The molecule has 0 saturated heterocycles. The van der Waals surface area contributed by atoms with E-state index in [1.165, 1.54) is 12.1 Å². The van der Waals surface area contributed by atoms with Gasteiger partial charge in [-0.25, -0.2) is 26.7 Å². The summed E-state index contributed by atoms with van der Waals surface area (Å²) in [6.07, 6.45) is 0. The lowest BCUT2D eigenvalue weighted by atomic mass is 9.87. The fourth-order valence-corrected chi connectivity index (χ4v) is 1.97. The molecule has 0 aliphatic heterocycles. The Balaban J connectivity index is 2.34. The molecule has 0 fully saturated rings. The van der Waals surface area contributed by atoms with Crippen LogP contribution in [0.25, 0.3) is 0 Å². The number of halogens is 5. The van der Waals surface area contributed by atoms with Crippen LogP contribution in [0.15, 0.2) is 24.3 Å². The van der Waals surface area contributed by atoms with Gasteiger partial charge in [0.25, 0.3) is 0 Å². The highest BCUT2D eigenvalue weighted by atomic mass is 19.2. The second kappa shape index (κ2) is 6.22. The summed E-state index contributed by atoms with van der Waals surface area (Å²) in [5, 5.41) is 0. The highest BCUT2D eigenvalue weighted by Gasteiger charge is 2.31. The van der Waals surface area contributed by atoms with Gasteiger partial charge in [-0.3, -0.25) is 0 Å². The second-order valence-electron chi connectivity index (χ2n) is 6.11. The van der Waals surface area contributed by atoms with Gasteiger partial charge in [0.15, 0.2) is 23.3 Å². The van der Waals surface area contributed by atoms with Crippen LogP contribution in [-0.4, -0.2) is 5.97 Å².